The van der Waals surface area contributed by atoms with Gasteiger partial charge in [0.05, 0.1) is 20.1 Å². The van der Waals surface area contributed by atoms with E-state index in [2.05, 4.69) is 19.7 Å². The van der Waals surface area contributed by atoms with Crippen molar-refractivity contribution < 1.29 is 19.1 Å². The van der Waals surface area contributed by atoms with Crippen molar-refractivity contribution in [3.05, 3.63) is 10.5 Å². The quantitative estimate of drug-likeness (QED) is 0.321. The SMILES string of the molecule is CCOC(=O)C(Cc1nnc[s+]1NC(N)=S)C(=O)OC. The zero-order valence-electron chi connectivity index (χ0n) is 11.0. The lowest BCUT2D eigenvalue weighted by atomic mass is 10.1. The maximum absolute atomic E-state index is 11.8. The number of nitrogens with two attached hydrogens (primary N) is 1. The molecule has 0 aliphatic heterocycles. The maximum atomic E-state index is 11.8. The first-order valence-electron chi connectivity index (χ1n) is 5.63. The maximum Gasteiger partial charge on any atom is 0.320 e. The highest BCUT2D eigenvalue weighted by molar-refractivity contribution is 7.81. The first-order valence-corrected chi connectivity index (χ1v) is 7.32. The Morgan fingerprint density at radius 3 is 2.80 bits per heavy atom. The second kappa shape index (κ2) is 7.70. The lowest BCUT2D eigenvalue weighted by Gasteiger charge is -2.10. The summed E-state index contributed by atoms with van der Waals surface area (Å²) in [5.74, 6) is -2.42. The average molecular weight is 319 g/mol. The van der Waals surface area contributed by atoms with Gasteiger partial charge in [-0.15, -0.1) is 0 Å². The van der Waals surface area contributed by atoms with Gasteiger partial charge in [-0.05, 0) is 19.1 Å². The van der Waals surface area contributed by atoms with E-state index in [-0.39, 0.29) is 18.1 Å². The molecule has 0 amide bonds. The number of carbonyl (C=O) groups excluding carboxylic acids is 2. The zero-order chi connectivity index (χ0) is 15.1. The molecule has 20 heavy (non-hydrogen) atoms. The summed E-state index contributed by atoms with van der Waals surface area (Å²) in [7, 11) is 0.475. The van der Waals surface area contributed by atoms with Crippen LogP contribution in [-0.2, 0) is 25.5 Å². The van der Waals surface area contributed by atoms with Crippen LogP contribution in [0.15, 0.2) is 5.51 Å². The van der Waals surface area contributed by atoms with Crippen molar-refractivity contribution in [1.82, 2.24) is 10.2 Å². The van der Waals surface area contributed by atoms with Gasteiger partial charge in [0.15, 0.2) is 5.92 Å². The standard InChI is InChI=1S/C10H14N4O4S2/c1-3-18-9(16)6(8(15)17-2)4-7-13-12-5-20(7)14-10(11)19/h5-6H,3-4H2,1-2H3,(H2-,11,14,19)/p+1. The summed E-state index contributed by atoms with van der Waals surface area (Å²) >= 11 is 4.74. The van der Waals surface area contributed by atoms with E-state index in [1.807, 2.05) is 0 Å². The number of hydrogen-bond donors (Lipinski definition) is 2. The Morgan fingerprint density at radius 1 is 1.55 bits per heavy atom. The van der Waals surface area contributed by atoms with Crippen LogP contribution in [0.1, 0.15) is 11.9 Å². The van der Waals surface area contributed by atoms with Gasteiger partial charge in [-0.3, -0.25) is 9.59 Å². The molecule has 1 rings (SSSR count). The van der Waals surface area contributed by atoms with Crippen molar-refractivity contribution in [3.63, 3.8) is 0 Å². The molecule has 0 aromatic carbocycles. The van der Waals surface area contributed by atoms with Gasteiger partial charge in [-0.2, -0.15) is 4.72 Å². The molecule has 3 N–H and O–H groups in total. The Labute approximate surface area is 123 Å². The van der Waals surface area contributed by atoms with Gasteiger partial charge < -0.3 is 15.2 Å². The van der Waals surface area contributed by atoms with Gasteiger partial charge in [0.1, 0.15) is 10.7 Å². The van der Waals surface area contributed by atoms with Crippen LogP contribution in [0.25, 0.3) is 0 Å². The number of rotatable bonds is 6. The number of carbonyl (C=O) groups is 2. The molecule has 1 heterocycles. The molecule has 0 saturated carbocycles. The van der Waals surface area contributed by atoms with Gasteiger partial charge in [-0.25, -0.2) is 0 Å². The second-order valence-electron chi connectivity index (χ2n) is 3.55. The molecule has 10 heteroatoms. The van der Waals surface area contributed by atoms with E-state index >= 15 is 0 Å². The van der Waals surface area contributed by atoms with E-state index in [4.69, 9.17) is 22.7 Å². The molecule has 110 valence electrons. The van der Waals surface area contributed by atoms with E-state index in [0.717, 1.165) is 0 Å². The molecule has 0 radical (unpaired) electrons. The summed E-state index contributed by atoms with van der Waals surface area (Å²) in [6, 6.07) is 0. The molecule has 1 aromatic rings. The van der Waals surface area contributed by atoms with Gasteiger partial charge in [0, 0.05) is 0 Å². The molecule has 2 atom stereocenters. The predicted octanol–water partition coefficient (Wildman–Crippen LogP) is -0.0924. The van der Waals surface area contributed by atoms with E-state index in [0.29, 0.717) is 5.01 Å². The van der Waals surface area contributed by atoms with Crippen molar-refractivity contribution in [3.8, 4) is 0 Å². The highest BCUT2D eigenvalue weighted by Crippen LogP contribution is 2.21. The summed E-state index contributed by atoms with van der Waals surface area (Å²) < 4.78 is 12.2. The molecule has 0 aliphatic carbocycles. The highest BCUT2D eigenvalue weighted by atomic mass is 32.2. The van der Waals surface area contributed by atoms with E-state index in [9.17, 15) is 9.59 Å². The molecule has 0 saturated heterocycles. The van der Waals surface area contributed by atoms with E-state index in [1.165, 1.54) is 12.6 Å². The van der Waals surface area contributed by atoms with Gasteiger partial charge >= 0.3 is 11.9 Å². The third-order valence-corrected chi connectivity index (χ3v) is 3.95. The van der Waals surface area contributed by atoms with Crippen LogP contribution in [0.5, 0.6) is 0 Å². The predicted molar refractivity (Wildman–Crippen MR) is 76.5 cm³/mol. The summed E-state index contributed by atoms with van der Waals surface area (Å²) in [6.07, 6.45) is 0.0320. The largest absolute Gasteiger partial charge is 0.468 e. The van der Waals surface area contributed by atoms with Crippen LogP contribution in [0, 0.1) is 5.92 Å². The van der Waals surface area contributed by atoms with Crippen LogP contribution in [0.3, 0.4) is 0 Å². The molecule has 0 aliphatic rings. The molecular formula is C10H15N4O4S2+. The van der Waals surface area contributed by atoms with E-state index < -0.39 is 28.5 Å². The van der Waals surface area contributed by atoms with Gasteiger partial charge in [0.2, 0.25) is 5.11 Å². The van der Waals surface area contributed by atoms with Gasteiger partial charge in [-0.1, -0.05) is 10.2 Å². The second-order valence-corrected chi connectivity index (χ2v) is 5.55. The van der Waals surface area contributed by atoms with Crippen molar-refractivity contribution in [1.29, 1.82) is 0 Å². The number of esters is 2. The number of methoxy groups -OCH3 is 1. The van der Waals surface area contributed by atoms with Crippen LogP contribution in [0.2, 0.25) is 0 Å². The highest BCUT2D eigenvalue weighted by Gasteiger charge is 2.34. The fourth-order valence-corrected chi connectivity index (χ4v) is 2.79. The third-order valence-electron chi connectivity index (χ3n) is 2.22. The molecular weight excluding hydrogens is 304 g/mol. The molecule has 0 bridgehead atoms. The Kier molecular flexibility index (Phi) is 6.25. The van der Waals surface area contributed by atoms with E-state index in [1.54, 1.807) is 6.92 Å². The number of nitrogens with one attached hydrogen (secondary N) is 1. The number of hydrogen-bond acceptors (Lipinski definition) is 7. The average Bonchev–Trinajstić information content (AvgIpc) is 2.81. The topological polar surface area (TPSA) is 116 Å². The molecule has 8 nitrogen and oxygen atoms in total. The summed E-state index contributed by atoms with van der Waals surface area (Å²) in [6.45, 7) is 1.83. The minimum Gasteiger partial charge on any atom is -0.468 e. The van der Waals surface area contributed by atoms with Crippen LogP contribution >= 0.6 is 22.9 Å². The lowest BCUT2D eigenvalue weighted by Crippen LogP contribution is -2.29. The van der Waals surface area contributed by atoms with Crippen molar-refractivity contribution in [2.75, 3.05) is 18.4 Å². The Bertz CT molecular complexity index is 505. The number of nitrogens with zero attached hydrogens (tertiary/aromatic N) is 2. The first kappa shape index (κ1) is 16.2. The van der Waals surface area contributed by atoms with Crippen LogP contribution < -0.4 is 10.5 Å². The number of thiocarbonyl (C=S) groups is 1. The van der Waals surface area contributed by atoms with Crippen molar-refractivity contribution in [2.45, 2.75) is 13.3 Å². The van der Waals surface area contributed by atoms with Crippen molar-refractivity contribution in [2.24, 2.45) is 11.7 Å². The molecule has 0 spiro atoms. The summed E-state index contributed by atoms with van der Waals surface area (Å²) in [5.41, 5.74) is 6.89. The fourth-order valence-electron chi connectivity index (χ4n) is 1.39. The minimum absolute atomic E-state index is 0.0320. The summed E-state index contributed by atoms with van der Waals surface area (Å²) in [4.78, 5) is 23.4. The lowest BCUT2D eigenvalue weighted by molar-refractivity contribution is -0.160. The Hall–Kier alpha value is -1.81. The van der Waals surface area contributed by atoms with Crippen LogP contribution in [-0.4, -0.2) is 41.0 Å². The number of aromatic nitrogens is 2. The Morgan fingerprint density at radius 2 is 2.25 bits per heavy atom. The minimum atomic E-state index is -1.08. The number of ether oxygens (including phenoxy) is 2. The molecule has 0 fully saturated rings. The molecule has 2 unspecified atom stereocenters. The monoisotopic (exact) mass is 319 g/mol. The normalized spacial score (nSPS) is 12.4. The summed E-state index contributed by atoms with van der Waals surface area (Å²) in [5, 5.41) is 8.18. The van der Waals surface area contributed by atoms with Crippen LogP contribution in [0.4, 0.5) is 0 Å². The molecule has 1 aromatic heterocycles. The smallest absolute Gasteiger partial charge is 0.320 e. The van der Waals surface area contributed by atoms with Gasteiger partial charge in [0.25, 0.3) is 10.5 Å². The third kappa shape index (κ3) is 4.38. The van der Waals surface area contributed by atoms with Crippen molar-refractivity contribution >= 4 is 39.9 Å². The zero-order valence-corrected chi connectivity index (χ0v) is 12.6. The first-order chi connectivity index (χ1) is 9.49. The Balaban J connectivity index is 2.89. The fraction of sp³-hybridized carbons (Fsp3) is 0.500.